The number of ether oxygens (including phenoxy) is 1. The Kier molecular flexibility index (Phi) is 3.93. The van der Waals surface area contributed by atoms with E-state index < -0.39 is 4.92 Å². The fraction of sp³-hybridized carbons (Fsp3) is 0.273. The summed E-state index contributed by atoms with van der Waals surface area (Å²) >= 11 is 11.5. The molecule has 0 fully saturated rings. The number of halogens is 2. The molecule has 0 aliphatic carbocycles. The fourth-order valence-corrected chi connectivity index (χ4v) is 2.02. The average Bonchev–Trinajstić information content (AvgIpc) is 2.35. The smallest absolute Gasteiger partial charge is 0.291 e. The zero-order valence-corrected chi connectivity index (χ0v) is 10.8. The summed E-state index contributed by atoms with van der Waals surface area (Å²) in [5, 5.41) is 10.9. The van der Waals surface area contributed by atoms with Gasteiger partial charge in [0.05, 0.1) is 16.7 Å². The van der Waals surface area contributed by atoms with Gasteiger partial charge in [-0.05, 0) is 12.5 Å². The van der Waals surface area contributed by atoms with Crippen LogP contribution < -0.4 is 9.64 Å². The molecule has 5 nitrogen and oxygen atoms in total. The zero-order valence-electron chi connectivity index (χ0n) is 9.31. The van der Waals surface area contributed by atoms with Crippen LogP contribution in [0.3, 0.4) is 0 Å². The number of fused-ring (bicyclic) bond motifs is 1. The first-order valence-corrected chi connectivity index (χ1v) is 6.18. The first kappa shape index (κ1) is 13.0. The second-order valence-corrected chi connectivity index (χ2v) is 4.45. The molecule has 0 aromatic heterocycles. The average molecular weight is 289 g/mol. The predicted octanol–water partition coefficient (Wildman–Crippen LogP) is 3.55. The van der Waals surface area contributed by atoms with Gasteiger partial charge in [0.15, 0.2) is 5.75 Å². The maximum atomic E-state index is 10.8. The summed E-state index contributed by atoms with van der Waals surface area (Å²) in [6.45, 7) is 0.699. The van der Waals surface area contributed by atoms with E-state index in [9.17, 15) is 10.1 Å². The Morgan fingerprint density at radius 3 is 2.89 bits per heavy atom. The van der Waals surface area contributed by atoms with Gasteiger partial charge >= 0.3 is 0 Å². The van der Waals surface area contributed by atoms with Crippen molar-refractivity contribution < 1.29 is 9.66 Å². The molecule has 96 valence electrons. The largest absolute Gasteiger partial charge is 0.461 e. The summed E-state index contributed by atoms with van der Waals surface area (Å²) in [6, 6.07) is 2.86. The minimum Gasteiger partial charge on any atom is -0.461 e. The van der Waals surface area contributed by atoms with Crippen LogP contribution in [0.2, 0.25) is 5.02 Å². The van der Waals surface area contributed by atoms with E-state index in [0.29, 0.717) is 23.9 Å². The first-order valence-electron chi connectivity index (χ1n) is 5.27. The number of alkyl halides is 1. The van der Waals surface area contributed by atoms with Crippen LogP contribution in [0.1, 0.15) is 6.42 Å². The third-order valence-corrected chi connectivity index (χ3v) is 3.07. The zero-order chi connectivity index (χ0) is 13.1. The summed E-state index contributed by atoms with van der Waals surface area (Å²) in [7, 11) is 0. The monoisotopic (exact) mass is 288 g/mol. The van der Waals surface area contributed by atoms with Crippen molar-refractivity contribution in [3.8, 4) is 5.75 Å². The number of benzene rings is 1. The molecule has 0 unspecified atom stereocenters. The lowest BCUT2D eigenvalue weighted by molar-refractivity contribution is -0.384. The van der Waals surface area contributed by atoms with Gasteiger partial charge in [-0.2, -0.15) is 0 Å². The number of nitrogens with zero attached hydrogens (tertiary/aromatic N) is 2. The Morgan fingerprint density at radius 2 is 2.22 bits per heavy atom. The van der Waals surface area contributed by atoms with Crippen LogP contribution in [0, 0.1) is 10.1 Å². The number of hydrogen-bond acceptors (Lipinski definition) is 4. The van der Waals surface area contributed by atoms with Crippen LogP contribution in [-0.2, 0) is 0 Å². The number of anilines is 1. The van der Waals surface area contributed by atoms with Gasteiger partial charge in [0.25, 0.3) is 5.69 Å². The number of nitro groups is 1. The van der Waals surface area contributed by atoms with E-state index in [2.05, 4.69) is 0 Å². The van der Waals surface area contributed by atoms with Crippen molar-refractivity contribution in [1.82, 2.24) is 0 Å². The predicted molar refractivity (Wildman–Crippen MR) is 70.6 cm³/mol. The highest BCUT2D eigenvalue weighted by Gasteiger charge is 2.22. The highest BCUT2D eigenvalue weighted by molar-refractivity contribution is 6.33. The molecule has 0 radical (unpaired) electrons. The Balaban J connectivity index is 2.36. The lowest BCUT2D eigenvalue weighted by Crippen LogP contribution is -2.21. The molecule has 1 aliphatic heterocycles. The molecule has 18 heavy (non-hydrogen) atoms. The third kappa shape index (κ3) is 2.52. The Labute approximate surface area is 114 Å². The molecule has 1 aliphatic rings. The first-order chi connectivity index (χ1) is 8.63. The van der Waals surface area contributed by atoms with Gasteiger partial charge in [0.2, 0.25) is 0 Å². The van der Waals surface area contributed by atoms with E-state index in [0.717, 1.165) is 6.42 Å². The molecule has 0 atom stereocenters. The molecule has 7 heteroatoms. The van der Waals surface area contributed by atoms with Crippen LogP contribution in [-0.4, -0.2) is 17.3 Å². The molecule has 0 amide bonds. The van der Waals surface area contributed by atoms with Gasteiger partial charge in [-0.15, -0.1) is 11.6 Å². The van der Waals surface area contributed by atoms with Crippen molar-refractivity contribution in [3.63, 3.8) is 0 Å². The Bertz CT molecular complexity index is 505. The van der Waals surface area contributed by atoms with Crippen molar-refractivity contribution in [1.29, 1.82) is 0 Å². The summed E-state index contributed by atoms with van der Waals surface area (Å²) < 4.78 is 5.26. The lowest BCUT2D eigenvalue weighted by atomic mass is 10.2. The van der Waals surface area contributed by atoms with Crippen LogP contribution in [0.5, 0.6) is 5.75 Å². The van der Waals surface area contributed by atoms with Crippen molar-refractivity contribution >= 4 is 34.6 Å². The Hall–Kier alpha value is -1.46. The summed E-state index contributed by atoms with van der Waals surface area (Å²) in [6.07, 6.45) is 4.02. The SMILES string of the molecule is O=[N+]([O-])c1cc2c(cc1Cl)N(CCCCl)C=CO2. The molecule has 0 spiro atoms. The molecule has 1 heterocycles. The normalized spacial score (nSPS) is 13.1. The quantitative estimate of drug-likeness (QED) is 0.483. The highest BCUT2D eigenvalue weighted by atomic mass is 35.5. The van der Waals surface area contributed by atoms with Crippen LogP contribution in [0.25, 0.3) is 0 Å². The summed E-state index contributed by atoms with van der Waals surface area (Å²) in [5.41, 5.74) is 0.543. The Morgan fingerprint density at radius 1 is 1.44 bits per heavy atom. The topological polar surface area (TPSA) is 55.6 Å². The van der Waals surface area contributed by atoms with E-state index in [1.165, 1.54) is 18.4 Å². The maximum Gasteiger partial charge on any atom is 0.291 e. The van der Waals surface area contributed by atoms with E-state index in [-0.39, 0.29) is 10.7 Å². The maximum absolute atomic E-state index is 10.8. The van der Waals surface area contributed by atoms with E-state index >= 15 is 0 Å². The van der Waals surface area contributed by atoms with Gasteiger partial charge in [0, 0.05) is 18.6 Å². The highest BCUT2D eigenvalue weighted by Crippen LogP contribution is 2.39. The van der Waals surface area contributed by atoms with E-state index in [1.807, 2.05) is 4.90 Å². The van der Waals surface area contributed by atoms with Crippen molar-refractivity contribution in [2.24, 2.45) is 0 Å². The summed E-state index contributed by atoms with van der Waals surface area (Å²) in [4.78, 5) is 12.1. The van der Waals surface area contributed by atoms with Crippen LogP contribution in [0.15, 0.2) is 24.6 Å². The minimum absolute atomic E-state index is 0.0912. The van der Waals surface area contributed by atoms with E-state index in [4.69, 9.17) is 27.9 Å². The molecule has 1 aromatic rings. The molecular weight excluding hydrogens is 279 g/mol. The van der Waals surface area contributed by atoms with Gasteiger partial charge in [-0.1, -0.05) is 11.6 Å². The second kappa shape index (κ2) is 5.46. The molecule has 0 N–H and O–H groups in total. The number of hydrogen-bond donors (Lipinski definition) is 0. The van der Waals surface area contributed by atoms with Crippen molar-refractivity contribution in [3.05, 3.63) is 39.7 Å². The van der Waals surface area contributed by atoms with E-state index in [1.54, 1.807) is 6.20 Å². The second-order valence-electron chi connectivity index (χ2n) is 3.67. The molecule has 2 rings (SSSR count). The van der Waals surface area contributed by atoms with Gasteiger partial charge < -0.3 is 9.64 Å². The fourth-order valence-electron chi connectivity index (χ4n) is 1.67. The molecule has 0 saturated heterocycles. The van der Waals surface area contributed by atoms with Crippen molar-refractivity contribution in [2.45, 2.75) is 6.42 Å². The number of rotatable bonds is 4. The third-order valence-electron chi connectivity index (χ3n) is 2.50. The van der Waals surface area contributed by atoms with Crippen molar-refractivity contribution in [2.75, 3.05) is 17.3 Å². The lowest BCUT2D eigenvalue weighted by Gasteiger charge is -2.25. The minimum atomic E-state index is -0.534. The van der Waals surface area contributed by atoms with Crippen LogP contribution in [0.4, 0.5) is 11.4 Å². The summed E-state index contributed by atoms with van der Waals surface area (Å²) in [5.74, 6) is 0.963. The molecule has 0 bridgehead atoms. The molecule has 0 saturated carbocycles. The van der Waals surface area contributed by atoms with Crippen LogP contribution >= 0.6 is 23.2 Å². The van der Waals surface area contributed by atoms with Gasteiger partial charge in [-0.3, -0.25) is 10.1 Å². The van der Waals surface area contributed by atoms with Gasteiger partial charge in [-0.25, -0.2) is 0 Å². The molecular formula is C11H10Cl2N2O3. The van der Waals surface area contributed by atoms with Gasteiger partial charge in [0.1, 0.15) is 11.3 Å². The number of nitro benzene ring substituents is 1. The standard InChI is InChI=1S/C11H10Cl2N2O3/c12-2-1-3-14-4-5-18-11-7-9(15(16)17)8(13)6-10(11)14/h4-7H,1-3H2. The molecule has 1 aromatic carbocycles.